The number of nitrogens with zero attached hydrogens (tertiary/aromatic N) is 1. The highest BCUT2D eigenvalue weighted by Gasteiger charge is 1.85. The molecule has 0 spiro atoms. The first kappa shape index (κ1) is 12.2. The first-order valence-corrected chi connectivity index (χ1v) is 5.09. The number of unbranched alkanes of at least 4 members (excludes halogenated alkanes) is 3. The summed E-state index contributed by atoms with van der Waals surface area (Å²) in [5, 5.41) is 0. The van der Waals surface area contributed by atoms with Crippen LogP contribution in [0.25, 0.3) is 0 Å². The van der Waals surface area contributed by atoms with E-state index < -0.39 is 0 Å². The van der Waals surface area contributed by atoms with Crippen LogP contribution in [-0.2, 0) is 0 Å². The number of rotatable bonds is 8. The Morgan fingerprint density at radius 2 is 2.08 bits per heavy atom. The number of hydrogen-bond acceptors (Lipinski definition) is 1. The summed E-state index contributed by atoms with van der Waals surface area (Å²) in [4.78, 5) is 4.30. The molecule has 0 radical (unpaired) electrons. The van der Waals surface area contributed by atoms with Crippen LogP contribution in [0.5, 0.6) is 0 Å². The van der Waals surface area contributed by atoms with Gasteiger partial charge in [-0.1, -0.05) is 51.0 Å². The molecule has 0 fully saturated rings. The topological polar surface area (TPSA) is 12.4 Å². The summed E-state index contributed by atoms with van der Waals surface area (Å²) < 4.78 is 0. The molecule has 0 heterocycles. The van der Waals surface area contributed by atoms with Gasteiger partial charge in [-0.05, 0) is 6.42 Å². The van der Waals surface area contributed by atoms with Crippen molar-refractivity contribution in [3.8, 4) is 0 Å². The minimum atomic E-state index is 0.845. The summed E-state index contributed by atoms with van der Waals surface area (Å²) in [7, 11) is 0. The van der Waals surface area contributed by atoms with Gasteiger partial charge in [-0.2, -0.15) is 0 Å². The van der Waals surface area contributed by atoms with Gasteiger partial charge in [0.15, 0.2) is 0 Å². The van der Waals surface area contributed by atoms with E-state index in [-0.39, 0.29) is 0 Å². The summed E-state index contributed by atoms with van der Waals surface area (Å²) in [5.74, 6) is 0. The van der Waals surface area contributed by atoms with Crippen LogP contribution >= 0.6 is 0 Å². The zero-order valence-electron chi connectivity index (χ0n) is 8.76. The molecule has 0 saturated carbocycles. The van der Waals surface area contributed by atoms with Crippen molar-refractivity contribution in [1.82, 2.24) is 0 Å². The maximum Gasteiger partial charge on any atom is 0.0385 e. The predicted molar refractivity (Wildman–Crippen MR) is 61.5 cm³/mol. The van der Waals surface area contributed by atoms with Crippen molar-refractivity contribution in [3.63, 3.8) is 0 Å². The van der Waals surface area contributed by atoms with Gasteiger partial charge >= 0.3 is 0 Å². The fourth-order valence-electron chi connectivity index (χ4n) is 0.986. The SMILES string of the molecule is C=CC(=C)CC=NCCCCCC. The highest BCUT2D eigenvalue weighted by molar-refractivity contribution is 5.61. The van der Waals surface area contributed by atoms with Crippen molar-refractivity contribution in [3.05, 3.63) is 24.8 Å². The summed E-state index contributed by atoms with van der Waals surface area (Å²) in [6, 6.07) is 0. The highest BCUT2D eigenvalue weighted by Crippen LogP contribution is 1.99. The lowest BCUT2D eigenvalue weighted by atomic mass is 10.2. The van der Waals surface area contributed by atoms with E-state index in [0.717, 1.165) is 18.5 Å². The fourth-order valence-corrected chi connectivity index (χ4v) is 0.986. The van der Waals surface area contributed by atoms with Crippen molar-refractivity contribution in [2.75, 3.05) is 6.54 Å². The van der Waals surface area contributed by atoms with Gasteiger partial charge in [0, 0.05) is 19.2 Å². The number of aliphatic imine (C=N–C) groups is 1. The Hall–Kier alpha value is -0.850. The third-order valence-electron chi connectivity index (χ3n) is 1.91. The Kier molecular flexibility index (Phi) is 8.64. The molecule has 1 nitrogen and oxygen atoms in total. The van der Waals surface area contributed by atoms with Gasteiger partial charge in [0.05, 0.1) is 0 Å². The van der Waals surface area contributed by atoms with Crippen molar-refractivity contribution in [2.45, 2.75) is 39.0 Å². The largest absolute Gasteiger partial charge is 0.297 e. The third-order valence-corrected chi connectivity index (χ3v) is 1.91. The minimum absolute atomic E-state index is 0.845. The Balaban J connectivity index is 3.21. The van der Waals surface area contributed by atoms with E-state index in [1.165, 1.54) is 25.7 Å². The Labute approximate surface area is 82.3 Å². The van der Waals surface area contributed by atoms with Gasteiger partial charge in [-0.15, -0.1) is 0 Å². The Morgan fingerprint density at radius 1 is 1.31 bits per heavy atom. The quantitative estimate of drug-likeness (QED) is 0.305. The van der Waals surface area contributed by atoms with Crippen LogP contribution < -0.4 is 0 Å². The van der Waals surface area contributed by atoms with Crippen molar-refractivity contribution < 1.29 is 0 Å². The highest BCUT2D eigenvalue weighted by atomic mass is 14.7. The summed E-state index contributed by atoms with van der Waals surface area (Å²) in [6.45, 7) is 10.6. The van der Waals surface area contributed by atoms with E-state index >= 15 is 0 Å². The molecule has 0 saturated heterocycles. The average Bonchev–Trinajstić information content (AvgIpc) is 2.16. The molecular weight excluding hydrogens is 158 g/mol. The van der Waals surface area contributed by atoms with Crippen LogP contribution in [-0.4, -0.2) is 12.8 Å². The zero-order chi connectivity index (χ0) is 9.94. The van der Waals surface area contributed by atoms with Crippen LogP contribution in [0.15, 0.2) is 29.8 Å². The lowest BCUT2D eigenvalue weighted by molar-refractivity contribution is 0.675. The molecule has 0 bridgehead atoms. The van der Waals surface area contributed by atoms with Gasteiger partial charge in [0.2, 0.25) is 0 Å². The van der Waals surface area contributed by atoms with Crippen LogP contribution in [0.1, 0.15) is 39.0 Å². The summed E-state index contributed by atoms with van der Waals surface area (Å²) >= 11 is 0. The van der Waals surface area contributed by atoms with Crippen LogP contribution in [0.4, 0.5) is 0 Å². The lowest BCUT2D eigenvalue weighted by Gasteiger charge is -1.94. The van der Waals surface area contributed by atoms with Gasteiger partial charge in [-0.3, -0.25) is 4.99 Å². The second-order valence-electron chi connectivity index (χ2n) is 3.22. The third kappa shape index (κ3) is 9.06. The van der Waals surface area contributed by atoms with E-state index in [4.69, 9.17) is 0 Å². The first-order chi connectivity index (χ1) is 6.31. The van der Waals surface area contributed by atoms with E-state index in [0.29, 0.717) is 0 Å². The molecular formula is C12H21N. The maximum absolute atomic E-state index is 4.30. The Morgan fingerprint density at radius 3 is 2.69 bits per heavy atom. The number of hydrogen-bond donors (Lipinski definition) is 0. The van der Waals surface area contributed by atoms with Crippen molar-refractivity contribution in [1.29, 1.82) is 0 Å². The second-order valence-corrected chi connectivity index (χ2v) is 3.22. The minimum Gasteiger partial charge on any atom is -0.297 e. The monoisotopic (exact) mass is 179 g/mol. The molecule has 0 rings (SSSR count). The normalized spacial score (nSPS) is 10.5. The maximum atomic E-state index is 4.30. The molecule has 0 atom stereocenters. The summed E-state index contributed by atoms with van der Waals surface area (Å²) in [5.41, 5.74) is 1.04. The predicted octanol–water partition coefficient (Wildman–Crippen LogP) is 3.77. The Bertz CT molecular complexity index is 168. The molecule has 0 N–H and O–H groups in total. The van der Waals surface area contributed by atoms with Gasteiger partial charge < -0.3 is 0 Å². The molecule has 0 aliphatic rings. The molecule has 1 heteroatoms. The molecule has 0 unspecified atom stereocenters. The smallest absolute Gasteiger partial charge is 0.0385 e. The molecule has 0 aliphatic heterocycles. The van der Waals surface area contributed by atoms with Gasteiger partial charge in [-0.25, -0.2) is 0 Å². The molecule has 0 aromatic carbocycles. The molecule has 0 aromatic rings. The van der Waals surface area contributed by atoms with E-state index in [1.807, 2.05) is 6.21 Å². The second kappa shape index (κ2) is 9.24. The standard InChI is InChI=1S/C12H21N/c1-4-6-7-8-10-13-11-9-12(3)5-2/h5,11H,2-4,6-10H2,1H3. The molecule has 0 aliphatic carbocycles. The van der Waals surface area contributed by atoms with E-state index in [2.05, 4.69) is 25.1 Å². The van der Waals surface area contributed by atoms with Crippen molar-refractivity contribution in [2.24, 2.45) is 4.99 Å². The van der Waals surface area contributed by atoms with Gasteiger partial charge in [0.1, 0.15) is 0 Å². The van der Waals surface area contributed by atoms with Crippen LogP contribution in [0.3, 0.4) is 0 Å². The van der Waals surface area contributed by atoms with Gasteiger partial charge in [0.25, 0.3) is 0 Å². The summed E-state index contributed by atoms with van der Waals surface area (Å²) in [6.07, 6.45) is 9.70. The van der Waals surface area contributed by atoms with Crippen LogP contribution in [0.2, 0.25) is 0 Å². The lowest BCUT2D eigenvalue weighted by Crippen LogP contribution is -1.84. The zero-order valence-corrected chi connectivity index (χ0v) is 8.76. The molecule has 13 heavy (non-hydrogen) atoms. The van der Waals surface area contributed by atoms with E-state index in [1.54, 1.807) is 6.08 Å². The first-order valence-electron chi connectivity index (χ1n) is 5.09. The average molecular weight is 179 g/mol. The molecule has 0 aromatic heterocycles. The van der Waals surface area contributed by atoms with Crippen molar-refractivity contribution >= 4 is 6.21 Å². The van der Waals surface area contributed by atoms with Crippen LogP contribution in [0, 0.1) is 0 Å². The van der Waals surface area contributed by atoms with E-state index in [9.17, 15) is 0 Å². The fraction of sp³-hybridized carbons (Fsp3) is 0.583. The molecule has 74 valence electrons. The number of allylic oxidation sites excluding steroid dienone is 2. The molecule has 0 amide bonds.